The Hall–Kier alpha value is -3.12. The van der Waals surface area contributed by atoms with E-state index in [0.717, 1.165) is 6.07 Å². The largest absolute Gasteiger partial charge is 0.465 e. The number of carbonyl (C=O) groups is 1. The summed E-state index contributed by atoms with van der Waals surface area (Å²) in [4.78, 5) is 15.3. The first-order valence-electron chi connectivity index (χ1n) is 9.18. The zero-order valence-corrected chi connectivity index (χ0v) is 16.2. The molecule has 0 N–H and O–H groups in total. The van der Waals surface area contributed by atoms with Gasteiger partial charge in [-0.2, -0.15) is 18.4 Å². The lowest BCUT2D eigenvalue weighted by molar-refractivity contribution is -0.137. The zero-order valence-electron chi connectivity index (χ0n) is 16.2. The minimum absolute atomic E-state index is 0.132. The van der Waals surface area contributed by atoms with Gasteiger partial charge >= 0.3 is 12.1 Å². The number of benzene rings is 2. The van der Waals surface area contributed by atoms with E-state index in [2.05, 4.69) is 9.64 Å². The molecular formula is C21H19F4N3O2. The van der Waals surface area contributed by atoms with E-state index in [-0.39, 0.29) is 5.56 Å². The van der Waals surface area contributed by atoms with Gasteiger partial charge in [-0.1, -0.05) is 6.07 Å². The number of methoxy groups -OCH3 is 1. The van der Waals surface area contributed by atoms with Crippen LogP contribution >= 0.6 is 0 Å². The summed E-state index contributed by atoms with van der Waals surface area (Å²) in [7, 11) is 1.18. The molecule has 0 radical (unpaired) electrons. The summed E-state index contributed by atoms with van der Waals surface area (Å²) < 4.78 is 58.1. The lowest BCUT2D eigenvalue weighted by atomic mass is 10.1. The number of rotatable bonds is 4. The highest BCUT2D eigenvalue weighted by atomic mass is 19.4. The molecule has 0 bridgehead atoms. The molecule has 0 unspecified atom stereocenters. The van der Waals surface area contributed by atoms with Gasteiger partial charge in [-0.15, -0.1) is 0 Å². The maximum Gasteiger partial charge on any atom is 0.417 e. The molecule has 1 aliphatic heterocycles. The Bertz CT molecular complexity index is 977. The standard InChI is InChI=1S/C21H19F4N3O2/c1-30-20(29)17-5-2-14(10-19(17)22)13-27-6-8-28(9-7-27)16-4-3-15(12-26)18(11-16)21(23,24)25/h2-5,10-11H,6-9,13H2,1H3. The number of ether oxygens (including phenoxy) is 1. The normalized spacial score (nSPS) is 15.0. The van der Waals surface area contributed by atoms with Crippen LogP contribution in [0.3, 0.4) is 0 Å². The molecule has 1 fully saturated rings. The SMILES string of the molecule is COC(=O)c1ccc(CN2CCN(c3ccc(C#N)c(C(F)(F)F)c3)CC2)cc1F. The summed E-state index contributed by atoms with van der Waals surface area (Å²) in [6.45, 7) is 2.58. The molecule has 1 heterocycles. The molecule has 30 heavy (non-hydrogen) atoms. The third kappa shape index (κ3) is 4.71. The third-order valence-corrected chi connectivity index (χ3v) is 5.01. The van der Waals surface area contributed by atoms with Crippen molar-refractivity contribution in [2.45, 2.75) is 12.7 Å². The van der Waals surface area contributed by atoms with Crippen molar-refractivity contribution >= 4 is 11.7 Å². The van der Waals surface area contributed by atoms with Crippen LogP contribution in [0.15, 0.2) is 36.4 Å². The number of alkyl halides is 3. The Kier molecular flexibility index (Phi) is 6.27. The molecule has 0 aromatic heterocycles. The first-order chi connectivity index (χ1) is 14.2. The lowest BCUT2D eigenvalue weighted by Gasteiger charge is -2.36. The van der Waals surface area contributed by atoms with Gasteiger partial charge in [0.15, 0.2) is 0 Å². The number of piperazine rings is 1. The topological polar surface area (TPSA) is 56.6 Å². The summed E-state index contributed by atoms with van der Waals surface area (Å²) in [6.07, 6.45) is -4.59. The summed E-state index contributed by atoms with van der Waals surface area (Å²) in [5.74, 6) is -1.40. The van der Waals surface area contributed by atoms with E-state index in [9.17, 15) is 22.4 Å². The molecule has 158 valence electrons. The van der Waals surface area contributed by atoms with Gasteiger partial charge in [-0.05, 0) is 35.9 Å². The number of halogens is 4. The van der Waals surface area contributed by atoms with E-state index in [0.29, 0.717) is 44.0 Å². The Balaban J connectivity index is 1.65. The van der Waals surface area contributed by atoms with E-state index in [1.807, 2.05) is 4.90 Å². The molecule has 0 atom stereocenters. The summed E-state index contributed by atoms with van der Waals surface area (Å²) in [6, 6.07) is 9.61. The quantitative estimate of drug-likeness (QED) is 0.555. The highest BCUT2D eigenvalue weighted by Gasteiger charge is 2.34. The van der Waals surface area contributed by atoms with Gasteiger partial charge in [-0.25, -0.2) is 9.18 Å². The molecule has 3 rings (SSSR count). The lowest BCUT2D eigenvalue weighted by Crippen LogP contribution is -2.46. The van der Waals surface area contributed by atoms with Crippen LogP contribution in [0.1, 0.15) is 27.0 Å². The predicted octanol–water partition coefficient (Wildman–Crippen LogP) is 3.82. The van der Waals surface area contributed by atoms with Gasteiger partial charge in [0.1, 0.15) is 5.82 Å². The minimum atomic E-state index is -4.59. The third-order valence-electron chi connectivity index (χ3n) is 5.01. The molecule has 2 aromatic rings. The second-order valence-corrected chi connectivity index (χ2v) is 6.91. The molecular weight excluding hydrogens is 402 g/mol. The van der Waals surface area contributed by atoms with Gasteiger partial charge in [-0.3, -0.25) is 4.90 Å². The van der Waals surface area contributed by atoms with Crippen LogP contribution in [-0.2, 0) is 17.5 Å². The number of nitrogens with zero attached hydrogens (tertiary/aromatic N) is 3. The smallest absolute Gasteiger partial charge is 0.417 e. The summed E-state index contributed by atoms with van der Waals surface area (Å²) in [5, 5.41) is 8.92. The number of anilines is 1. The van der Waals surface area contributed by atoms with Crippen molar-refractivity contribution in [2.24, 2.45) is 0 Å². The maximum atomic E-state index is 14.1. The van der Waals surface area contributed by atoms with Crippen molar-refractivity contribution in [2.75, 3.05) is 38.2 Å². The van der Waals surface area contributed by atoms with Crippen molar-refractivity contribution in [1.29, 1.82) is 5.26 Å². The fourth-order valence-corrected chi connectivity index (χ4v) is 3.42. The Morgan fingerprint density at radius 2 is 1.83 bits per heavy atom. The minimum Gasteiger partial charge on any atom is -0.465 e. The van der Waals surface area contributed by atoms with E-state index < -0.39 is 29.1 Å². The maximum absolute atomic E-state index is 14.1. The van der Waals surface area contributed by atoms with Crippen LogP contribution < -0.4 is 4.90 Å². The Morgan fingerprint density at radius 3 is 2.40 bits per heavy atom. The van der Waals surface area contributed by atoms with Gasteiger partial charge in [0.05, 0.1) is 29.9 Å². The van der Waals surface area contributed by atoms with E-state index in [4.69, 9.17) is 5.26 Å². The molecule has 5 nitrogen and oxygen atoms in total. The van der Waals surface area contributed by atoms with Crippen molar-refractivity contribution in [3.05, 3.63) is 64.5 Å². The Morgan fingerprint density at radius 1 is 1.13 bits per heavy atom. The zero-order chi connectivity index (χ0) is 21.9. The molecule has 0 amide bonds. The van der Waals surface area contributed by atoms with Gasteiger partial charge < -0.3 is 9.64 Å². The van der Waals surface area contributed by atoms with Gasteiger partial charge in [0, 0.05) is 38.4 Å². The number of hydrogen-bond donors (Lipinski definition) is 0. The average molecular weight is 421 g/mol. The first kappa shape index (κ1) is 21.6. The molecule has 0 aliphatic carbocycles. The molecule has 1 aliphatic rings. The second kappa shape index (κ2) is 8.71. The monoisotopic (exact) mass is 421 g/mol. The first-order valence-corrected chi connectivity index (χ1v) is 9.18. The number of carbonyl (C=O) groups excluding carboxylic acids is 1. The van der Waals surface area contributed by atoms with Crippen molar-refractivity contribution in [3.63, 3.8) is 0 Å². The van der Waals surface area contributed by atoms with E-state index in [1.54, 1.807) is 12.1 Å². The highest BCUT2D eigenvalue weighted by molar-refractivity contribution is 5.89. The van der Waals surface area contributed by atoms with Crippen LogP contribution in [0.4, 0.5) is 23.2 Å². The fraction of sp³-hybridized carbons (Fsp3) is 0.333. The highest BCUT2D eigenvalue weighted by Crippen LogP contribution is 2.34. The average Bonchev–Trinajstić information content (AvgIpc) is 2.73. The van der Waals surface area contributed by atoms with Crippen molar-refractivity contribution in [3.8, 4) is 6.07 Å². The summed E-state index contributed by atoms with van der Waals surface area (Å²) in [5.41, 5.74) is -0.374. The number of nitriles is 1. The second-order valence-electron chi connectivity index (χ2n) is 6.91. The van der Waals surface area contributed by atoms with Gasteiger partial charge in [0.2, 0.25) is 0 Å². The molecule has 0 saturated carbocycles. The van der Waals surface area contributed by atoms with Crippen molar-refractivity contribution < 1.29 is 27.1 Å². The van der Waals surface area contributed by atoms with Crippen LogP contribution in [0.2, 0.25) is 0 Å². The Labute approximate surface area is 171 Å². The van der Waals surface area contributed by atoms with Crippen LogP contribution in [0.25, 0.3) is 0 Å². The van der Waals surface area contributed by atoms with Crippen molar-refractivity contribution in [1.82, 2.24) is 4.90 Å². The molecule has 0 spiro atoms. The molecule has 2 aromatic carbocycles. The van der Waals surface area contributed by atoms with Crippen LogP contribution in [-0.4, -0.2) is 44.2 Å². The molecule has 9 heteroatoms. The molecule has 1 saturated heterocycles. The summed E-state index contributed by atoms with van der Waals surface area (Å²) >= 11 is 0. The number of esters is 1. The predicted molar refractivity (Wildman–Crippen MR) is 101 cm³/mol. The van der Waals surface area contributed by atoms with E-state index >= 15 is 0 Å². The number of hydrogen-bond acceptors (Lipinski definition) is 5. The van der Waals surface area contributed by atoms with Crippen LogP contribution in [0, 0.1) is 17.1 Å². The van der Waals surface area contributed by atoms with Gasteiger partial charge in [0.25, 0.3) is 0 Å². The van der Waals surface area contributed by atoms with Crippen LogP contribution in [0.5, 0.6) is 0 Å². The fourth-order valence-electron chi connectivity index (χ4n) is 3.42. The van der Waals surface area contributed by atoms with E-state index in [1.165, 1.54) is 31.4 Å².